The van der Waals surface area contributed by atoms with Crippen molar-refractivity contribution >= 4 is 21.7 Å². The normalized spacial score (nSPS) is 19.2. The third-order valence-electron chi connectivity index (χ3n) is 4.89. The molecule has 2 N–H and O–H groups in total. The van der Waals surface area contributed by atoms with Crippen molar-refractivity contribution in [1.82, 2.24) is 4.98 Å². The SMILES string of the molecule is O[C@@H]1c2ccccc2-c2nc3c(ccc4ccccc43)cc2[C@@H]1O. The predicted octanol–water partition coefficient (Wildman–Crippen LogP) is 4.14. The van der Waals surface area contributed by atoms with Gasteiger partial charge in [-0.05, 0) is 17.0 Å². The van der Waals surface area contributed by atoms with Gasteiger partial charge in [0.2, 0.25) is 0 Å². The van der Waals surface area contributed by atoms with Crippen LogP contribution in [0.5, 0.6) is 0 Å². The average molecular weight is 313 g/mol. The Balaban J connectivity index is 1.92. The van der Waals surface area contributed by atoms with Crippen LogP contribution in [0.4, 0.5) is 0 Å². The van der Waals surface area contributed by atoms with Gasteiger partial charge in [-0.1, -0.05) is 60.7 Å². The average Bonchev–Trinajstić information content (AvgIpc) is 2.65. The highest BCUT2D eigenvalue weighted by Crippen LogP contribution is 2.44. The summed E-state index contributed by atoms with van der Waals surface area (Å²) in [7, 11) is 0. The van der Waals surface area contributed by atoms with Gasteiger partial charge in [0.05, 0.1) is 11.2 Å². The van der Waals surface area contributed by atoms with Gasteiger partial charge in [-0.25, -0.2) is 4.98 Å². The van der Waals surface area contributed by atoms with Gasteiger partial charge in [0.15, 0.2) is 0 Å². The Bertz CT molecular complexity index is 1100. The molecule has 1 aromatic heterocycles. The first kappa shape index (κ1) is 13.7. The fraction of sp³-hybridized carbons (Fsp3) is 0.0952. The van der Waals surface area contributed by atoms with E-state index in [1.54, 1.807) is 0 Å². The van der Waals surface area contributed by atoms with Crippen LogP contribution in [-0.2, 0) is 0 Å². The summed E-state index contributed by atoms with van der Waals surface area (Å²) in [5.41, 5.74) is 3.98. The molecule has 0 amide bonds. The lowest BCUT2D eigenvalue weighted by Crippen LogP contribution is -2.18. The number of aliphatic hydroxyl groups is 2. The first-order valence-corrected chi connectivity index (χ1v) is 8.02. The van der Waals surface area contributed by atoms with E-state index in [0.29, 0.717) is 5.56 Å². The molecular formula is C21H15NO2. The van der Waals surface area contributed by atoms with E-state index in [1.165, 1.54) is 0 Å². The Hall–Kier alpha value is -2.75. The lowest BCUT2D eigenvalue weighted by Gasteiger charge is -2.28. The van der Waals surface area contributed by atoms with Crippen molar-refractivity contribution in [1.29, 1.82) is 0 Å². The number of nitrogens with zero attached hydrogens (tertiary/aromatic N) is 1. The maximum absolute atomic E-state index is 10.6. The Labute approximate surface area is 138 Å². The van der Waals surface area contributed by atoms with Crippen molar-refractivity contribution < 1.29 is 10.2 Å². The molecule has 3 aromatic carbocycles. The summed E-state index contributed by atoms with van der Waals surface area (Å²) >= 11 is 0. The van der Waals surface area contributed by atoms with E-state index in [1.807, 2.05) is 48.5 Å². The molecule has 116 valence electrons. The topological polar surface area (TPSA) is 53.4 Å². The van der Waals surface area contributed by atoms with Crippen LogP contribution in [0.1, 0.15) is 23.3 Å². The molecule has 0 radical (unpaired) electrons. The monoisotopic (exact) mass is 313 g/mol. The molecule has 5 rings (SSSR count). The highest BCUT2D eigenvalue weighted by Gasteiger charge is 2.32. The summed E-state index contributed by atoms with van der Waals surface area (Å²) in [5, 5.41) is 24.2. The van der Waals surface area contributed by atoms with E-state index in [-0.39, 0.29) is 0 Å². The van der Waals surface area contributed by atoms with E-state index < -0.39 is 12.2 Å². The molecule has 0 saturated carbocycles. The second-order valence-corrected chi connectivity index (χ2v) is 6.26. The van der Waals surface area contributed by atoms with Gasteiger partial charge in [0, 0.05) is 21.9 Å². The van der Waals surface area contributed by atoms with Crippen molar-refractivity contribution in [3.63, 3.8) is 0 Å². The Kier molecular flexibility index (Phi) is 2.77. The highest BCUT2D eigenvalue weighted by molar-refractivity contribution is 6.06. The zero-order valence-electron chi connectivity index (χ0n) is 12.8. The molecule has 4 aromatic rings. The van der Waals surface area contributed by atoms with Gasteiger partial charge in [0.1, 0.15) is 12.2 Å². The summed E-state index contributed by atoms with van der Waals surface area (Å²) in [6.07, 6.45) is -1.88. The molecule has 1 aliphatic carbocycles. The maximum Gasteiger partial charge on any atom is 0.111 e. The van der Waals surface area contributed by atoms with Crippen LogP contribution in [0, 0.1) is 0 Å². The summed E-state index contributed by atoms with van der Waals surface area (Å²) in [6, 6.07) is 21.8. The van der Waals surface area contributed by atoms with Crippen molar-refractivity contribution in [3.8, 4) is 11.3 Å². The molecule has 1 heterocycles. The van der Waals surface area contributed by atoms with Crippen LogP contribution < -0.4 is 0 Å². The van der Waals surface area contributed by atoms with E-state index in [0.717, 1.165) is 38.5 Å². The maximum atomic E-state index is 10.6. The van der Waals surface area contributed by atoms with Crippen LogP contribution in [0.3, 0.4) is 0 Å². The Morgan fingerprint density at radius 1 is 0.708 bits per heavy atom. The van der Waals surface area contributed by atoms with Crippen molar-refractivity contribution in [2.24, 2.45) is 0 Å². The molecule has 2 atom stereocenters. The first-order valence-electron chi connectivity index (χ1n) is 8.02. The van der Waals surface area contributed by atoms with Crippen LogP contribution >= 0.6 is 0 Å². The first-order chi connectivity index (χ1) is 11.7. The van der Waals surface area contributed by atoms with Crippen molar-refractivity contribution in [2.45, 2.75) is 12.2 Å². The Morgan fingerprint density at radius 2 is 1.42 bits per heavy atom. The summed E-state index contributed by atoms with van der Waals surface area (Å²) in [4.78, 5) is 4.90. The fourth-order valence-corrected chi connectivity index (χ4v) is 3.68. The van der Waals surface area contributed by atoms with Gasteiger partial charge < -0.3 is 10.2 Å². The zero-order chi connectivity index (χ0) is 16.3. The highest BCUT2D eigenvalue weighted by atomic mass is 16.3. The fourth-order valence-electron chi connectivity index (χ4n) is 3.68. The quantitative estimate of drug-likeness (QED) is 0.480. The minimum absolute atomic E-state index is 0.684. The molecule has 0 unspecified atom stereocenters. The Morgan fingerprint density at radius 3 is 2.33 bits per heavy atom. The molecular weight excluding hydrogens is 298 g/mol. The van der Waals surface area contributed by atoms with Crippen LogP contribution in [0.15, 0.2) is 66.7 Å². The minimum Gasteiger partial charge on any atom is -0.385 e. The zero-order valence-corrected chi connectivity index (χ0v) is 12.8. The van der Waals surface area contributed by atoms with E-state index >= 15 is 0 Å². The molecule has 0 spiro atoms. The molecule has 0 bridgehead atoms. The van der Waals surface area contributed by atoms with Gasteiger partial charge in [-0.2, -0.15) is 0 Å². The molecule has 0 saturated heterocycles. The van der Waals surface area contributed by atoms with Gasteiger partial charge in [-0.15, -0.1) is 0 Å². The molecule has 24 heavy (non-hydrogen) atoms. The van der Waals surface area contributed by atoms with E-state index in [9.17, 15) is 10.2 Å². The van der Waals surface area contributed by atoms with Gasteiger partial charge >= 0.3 is 0 Å². The third-order valence-corrected chi connectivity index (χ3v) is 4.89. The standard InChI is InChI=1S/C21H15NO2/c23-20-16-8-4-3-7-15(16)19-17(21(20)24)11-13-10-9-12-5-1-2-6-14(12)18(13)22-19/h1-11,20-21,23-24H/t20-,21+/m1/s1. The lowest BCUT2D eigenvalue weighted by atomic mass is 9.84. The van der Waals surface area contributed by atoms with Crippen molar-refractivity contribution in [3.05, 3.63) is 77.9 Å². The second-order valence-electron chi connectivity index (χ2n) is 6.26. The smallest absolute Gasteiger partial charge is 0.111 e. The van der Waals surface area contributed by atoms with Crippen LogP contribution in [0.25, 0.3) is 32.9 Å². The number of aliphatic hydroxyl groups excluding tert-OH is 2. The second kappa shape index (κ2) is 4.87. The number of hydrogen-bond acceptors (Lipinski definition) is 3. The number of fused-ring (bicyclic) bond motifs is 6. The molecule has 0 fully saturated rings. The van der Waals surface area contributed by atoms with Gasteiger partial charge in [-0.3, -0.25) is 0 Å². The number of aromatic nitrogens is 1. The summed E-state index contributed by atoms with van der Waals surface area (Å²) in [6.45, 7) is 0. The summed E-state index contributed by atoms with van der Waals surface area (Å²) in [5.74, 6) is 0. The third kappa shape index (κ3) is 1.77. The predicted molar refractivity (Wildman–Crippen MR) is 94.6 cm³/mol. The molecule has 3 heteroatoms. The number of benzene rings is 3. The molecule has 3 nitrogen and oxygen atoms in total. The van der Waals surface area contributed by atoms with Crippen LogP contribution in [-0.4, -0.2) is 15.2 Å². The minimum atomic E-state index is -0.960. The summed E-state index contributed by atoms with van der Waals surface area (Å²) < 4.78 is 0. The van der Waals surface area contributed by atoms with E-state index in [4.69, 9.17) is 4.98 Å². The van der Waals surface area contributed by atoms with Gasteiger partial charge in [0.25, 0.3) is 0 Å². The number of hydrogen-bond donors (Lipinski definition) is 2. The number of pyridine rings is 1. The molecule has 1 aliphatic rings. The van der Waals surface area contributed by atoms with E-state index in [2.05, 4.69) is 18.2 Å². The van der Waals surface area contributed by atoms with Crippen molar-refractivity contribution in [2.75, 3.05) is 0 Å². The molecule has 0 aliphatic heterocycles. The lowest BCUT2D eigenvalue weighted by molar-refractivity contribution is 0.0156. The van der Waals surface area contributed by atoms with Crippen LogP contribution in [0.2, 0.25) is 0 Å². The number of rotatable bonds is 0. The largest absolute Gasteiger partial charge is 0.385 e.